The number of carbonyl (C=O) groups is 2. The molecule has 4 N–H and O–H groups in total. The van der Waals surface area contributed by atoms with Gasteiger partial charge in [0.15, 0.2) is 0 Å². The SMILES string of the molecule is CC.CC(C)(C)C(N)C(=O)NCC1CCCCC1C(=O)O. The number of carboxylic acid groups (broad SMARTS) is 1. The average molecular weight is 300 g/mol. The molecule has 0 aromatic heterocycles. The molecule has 1 rings (SSSR count). The molecule has 21 heavy (non-hydrogen) atoms. The number of nitrogens with one attached hydrogen (secondary N) is 1. The maximum atomic E-state index is 11.9. The maximum Gasteiger partial charge on any atom is 0.306 e. The minimum atomic E-state index is -0.751. The molecule has 0 radical (unpaired) electrons. The molecule has 0 heterocycles. The van der Waals surface area contributed by atoms with Gasteiger partial charge in [-0.25, -0.2) is 0 Å². The van der Waals surface area contributed by atoms with E-state index in [2.05, 4.69) is 5.32 Å². The van der Waals surface area contributed by atoms with Gasteiger partial charge in [-0.05, 0) is 24.2 Å². The van der Waals surface area contributed by atoms with Crippen molar-refractivity contribution in [1.82, 2.24) is 5.32 Å². The van der Waals surface area contributed by atoms with Crippen molar-refractivity contribution in [3.8, 4) is 0 Å². The van der Waals surface area contributed by atoms with E-state index in [1.807, 2.05) is 34.6 Å². The molecule has 1 fully saturated rings. The number of hydrogen-bond acceptors (Lipinski definition) is 3. The molecular weight excluding hydrogens is 268 g/mol. The molecule has 0 aromatic rings. The Labute approximate surface area is 128 Å². The van der Waals surface area contributed by atoms with Gasteiger partial charge in [0.2, 0.25) is 5.91 Å². The fraction of sp³-hybridized carbons (Fsp3) is 0.875. The summed E-state index contributed by atoms with van der Waals surface area (Å²) in [6, 6.07) is -0.570. The zero-order valence-electron chi connectivity index (χ0n) is 14.1. The van der Waals surface area contributed by atoms with E-state index < -0.39 is 12.0 Å². The number of nitrogens with two attached hydrogens (primary N) is 1. The molecule has 3 unspecified atom stereocenters. The zero-order valence-corrected chi connectivity index (χ0v) is 14.1. The van der Waals surface area contributed by atoms with Crippen molar-refractivity contribution in [3.05, 3.63) is 0 Å². The van der Waals surface area contributed by atoms with Crippen molar-refractivity contribution >= 4 is 11.9 Å². The van der Waals surface area contributed by atoms with Gasteiger partial charge in [0, 0.05) is 6.54 Å². The van der Waals surface area contributed by atoms with Crippen LogP contribution in [0.3, 0.4) is 0 Å². The van der Waals surface area contributed by atoms with Crippen LogP contribution in [0.4, 0.5) is 0 Å². The Balaban J connectivity index is 0.00000191. The topological polar surface area (TPSA) is 92.4 Å². The molecule has 1 amide bonds. The van der Waals surface area contributed by atoms with E-state index in [0.717, 1.165) is 19.3 Å². The molecule has 1 saturated carbocycles. The van der Waals surface area contributed by atoms with Crippen LogP contribution in [-0.2, 0) is 9.59 Å². The Bertz CT molecular complexity index is 337. The molecule has 5 nitrogen and oxygen atoms in total. The predicted molar refractivity (Wildman–Crippen MR) is 84.9 cm³/mol. The highest BCUT2D eigenvalue weighted by Crippen LogP contribution is 2.29. The van der Waals surface area contributed by atoms with E-state index in [4.69, 9.17) is 5.73 Å². The molecule has 0 aromatic carbocycles. The molecule has 0 bridgehead atoms. The number of amides is 1. The lowest BCUT2D eigenvalue weighted by atomic mass is 9.79. The van der Waals surface area contributed by atoms with Crippen molar-refractivity contribution in [2.24, 2.45) is 23.0 Å². The molecule has 0 saturated heterocycles. The largest absolute Gasteiger partial charge is 0.481 e. The van der Waals surface area contributed by atoms with Crippen LogP contribution < -0.4 is 11.1 Å². The van der Waals surface area contributed by atoms with Crippen LogP contribution in [0, 0.1) is 17.3 Å². The highest BCUT2D eigenvalue weighted by Gasteiger charge is 2.32. The highest BCUT2D eigenvalue weighted by molar-refractivity contribution is 5.82. The minimum Gasteiger partial charge on any atom is -0.481 e. The van der Waals surface area contributed by atoms with Gasteiger partial charge in [-0.15, -0.1) is 0 Å². The summed E-state index contributed by atoms with van der Waals surface area (Å²) in [5.74, 6) is -1.25. The van der Waals surface area contributed by atoms with Gasteiger partial charge in [0.05, 0.1) is 12.0 Å². The van der Waals surface area contributed by atoms with Crippen molar-refractivity contribution in [2.45, 2.75) is 66.3 Å². The van der Waals surface area contributed by atoms with Crippen LogP contribution >= 0.6 is 0 Å². The number of hydrogen-bond donors (Lipinski definition) is 3. The second kappa shape index (κ2) is 9.03. The third-order valence-electron chi connectivity index (χ3n) is 3.98. The van der Waals surface area contributed by atoms with Gasteiger partial charge in [-0.3, -0.25) is 9.59 Å². The molecule has 0 aliphatic heterocycles. The normalized spacial score (nSPS) is 23.5. The molecular formula is C16H32N2O3. The Kier molecular flexibility index (Phi) is 8.55. The smallest absolute Gasteiger partial charge is 0.306 e. The molecule has 0 spiro atoms. The third kappa shape index (κ3) is 6.46. The summed E-state index contributed by atoms with van der Waals surface area (Å²) < 4.78 is 0. The second-order valence-corrected chi connectivity index (χ2v) is 6.58. The second-order valence-electron chi connectivity index (χ2n) is 6.58. The highest BCUT2D eigenvalue weighted by atomic mass is 16.4. The van der Waals surface area contributed by atoms with E-state index in [-0.39, 0.29) is 23.2 Å². The van der Waals surface area contributed by atoms with Gasteiger partial charge in [0.25, 0.3) is 0 Å². The number of carboxylic acids is 1. The summed E-state index contributed by atoms with van der Waals surface area (Å²) in [5.41, 5.74) is 5.59. The summed E-state index contributed by atoms with van der Waals surface area (Å²) in [4.78, 5) is 23.1. The van der Waals surface area contributed by atoms with Crippen LogP contribution in [-0.4, -0.2) is 29.6 Å². The average Bonchev–Trinajstić information content (AvgIpc) is 2.45. The van der Waals surface area contributed by atoms with Gasteiger partial charge >= 0.3 is 5.97 Å². The van der Waals surface area contributed by atoms with Crippen molar-refractivity contribution in [1.29, 1.82) is 0 Å². The summed E-state index contributed by atoms with van der Waals surface area (Å²) in [6.07, 6.45) is 3.57. The number of rotatable bonds is 4. The standard InChI is InChI=1S/C14H26N2O3.C2H6/c1-14(2,3)11(15)12(17)16-8-9-6-4-5-7-10(9)13(18)19;1-2/h9-11H,4-8,15H2,1-3H3,(H,16,17)(H,18,19);1-2H3. The predicted octanol–water partition coefficient (Wildman–Crippen LogP) is 2.39. The first-order valence-corrected chi connectivity index (χ1v) is 7.99. The summed E-state index contributed by atoms with van der Waals surface area (Å²) in [5, 5.41) is 12.0. The monoisotopic (exact) mass is 300 g/mol. The van der Waals surface area contributed by atoms with Gasteiger partial charge < -0.3 is 16.2 Å². The molecule has 1 aliphatic carbocycles. The van der Waals surface area contributed by atoms with E-state index in [0.29, 0.717) is 13.0 Å². The van der Waals surface area contributed by atoms with Crippen molar-refractivity contribution in [3.63, 3.8) is 0 Å². The molecule has 1 aliphatic rings. The van der Waals surface area contributed by atoms with Gasteiger partial charge in [0.1, 0.15) is 0 Å². The Morgan fingerprint density at radius 1 is 1.24 bits per heavy atom. The van der Waals surface area contributed by atoms with E-state index in [9.17, 15) is 14.7 Å². The molecule has 5 heteroatoms. The maximum absolute atomic E-state index is 11.9. The van der Waals surface area contributed by atoms with Crippen molar-refractivity contribution in [2.75, 3.05) is 6.54 Å². The Morgan fingerprint density at radius 2 is 1.76 bits per heavy atom. The summed E-state index contributed by atoms with van der Waals surface area (Å²) in [6.45, 7) is 10.2. The minimum absolute atomic E-state index is 0.0300. The first-order chi connectivity index (χ1) is 9.73. The van der Waals surface area contributed by atoms with E-state index in [1.54, 1.807) is 0 Å². The fourth-order valence-corrected chi connectivity index (χ4v) is 2.51. The number of aliphatic carboxylic acids is 1. The first kappa shape index (κ1) is 19.9. The Morgan fingerprint density at radius 3 is 2.24 bits per heavy atom. The third-order valence-corrected chi connectivity index (χ3v) is 3.98. The summed E-state index contributed by atoms with van der Waals surface area (Å²) >= 11 is 0. The fourth-order valence-electron chi connectivity index (χ4n) is 2.51. The van der Waals surface area contributed by atoms with Crippen LogP contribution in [0.1, 0.15) is 60.3 Å². The lowest BCUT2D eigenvalue weighted by Crippen LogP contribution is -2.50. The Hall–Kier alpha value is -1.10. The van der Waals surface area contributed by atoms with Gasteiger partial charge in [-0.2, -0.15) is 0 Å². The van der Waals surface area contributed by atoms with Crippen molar-refractivity contribution < 1.29 is 14.7 Å². The molecule has 3 atom stereocenters. The van der Waals surface area contributed by atoms with Crippen LogP contribution in [0.25, 0.3) is 0 Å². The first-order valence-electron chi connectivity index (χ1n) is 7.99. The lowest BCUT2D eigenvalue weighted by Gasteiger charge is -2.30. The van der Waals surface area contributed by atoms with E-state index >= 15 is 0 Å². The van der Waals surface area contributed by atoms with Crippen LogP contribution in [0.5, 0.6) is 0 Å². The summed E-state index contributed by atoms with van der Waals surface area (Å²) in [7, 11) is 0. The lowest BCUT2D eigenvalue weighted by molar-refractivity contribution is -0.145. The van der Waals surface area contributed by atoms with E-state index in [1.165, 1.54) is 0 Å². The number of carbonyl (C=O) groups excluding carboxylic acids is 1. The van der Waals surface area contributed by atoms with Crippen LogP contribution in [0.15, 0.2) is 0 Å². The van der Waals surface area contributed by atoms with Gasteiger partial charge in [-0.1, -0.05) is 47.5 Å². The molecule has 124 valence electrons. The zero-order chi connectivity index (χ0) is 16.6. The van der Waals surface area contributed by atoms with Crippen LogP contribution in [0.2, 0.25) is 0 Å². The quantitative estimate of drug-likeness (QED) is 0.743.